The molecule has 6 nitrogen and oxygen atoms in total. The van der Waals surface area contributed by atoms with E-state index < -0.39 is 5.79 Å². The second-order valence-electron chi connectivity index (χ2n) is 9.02. The van der Waals surface area contributed by atoms with Crippen LogP contribution in [0.5, 0.6) is 0 Å². The molecule has 5 fully saturated rings. The molecule has 0 aromatic carbocycles. The Morgan fingerprint density at radius 2 is 2.21 bits per heavy atom. The van der Waals surface area contributed by atoms with Gasteiger partial charge in [0.25, 0.3) is 0 Å². The van der Waals surface area contributed by atoms with Gasteiger partial charge in [-0.3, -0.25) is 4.90 Å². The van der Waals surface area contributed by atoms with E-state index in [-0.39, 0.29) is 29.4 Å². The zero-order valence-corrected chi connectivity index (χ0v) is 16.9. The van der Waals surface area contributed by atoms with Crippen LogP contribution in [-0.4, -0.2) is 48.0 Å². The highest BCUT2D eigenvalue weighted by Crippen LogP contribution is 2.72. The van der Waals surface area contributed by atoms with E-state index in [0.717, 1.165) is 31.6 Å². The van der Waals surface area contributed by atoms with Crippen molar-refractivity contribution in [2.75, 3.05) is 13.7 Å². The fourth-order valence-corrected chi connectivity index (χ4v) is 7.22. The highest BCUT2D eigenvalue weighted by molar-refractivity contribution is 5.93. The van der Waals surface area contributed by atoms with Gasteiger partial charge in [0.05, 0.1) is 36.2 Å². The SMILES string of the molecule is CC/C=C/[C@@]12[C@@H]3CCN1[C@H]1C[C@H]2O[C@@]32O/C(=C3\OC(=O)C(C)=C3OC)[C@@H](C)[C@H]12. The molecular formula is C22H27NO5. The van der Waals surface area contributed by atoms with Gasteiger partial charge in [0.15, 0.2) is 5.76 Å². The highest BCUT2D eigenvalue weighted by Gasteiger charge is 2.83. The largest absolute Gasteiger partial charge is 0.492 e. The van der Waals surface area contributed by atoms with Crippen LogP contribution in [0.2, 0.25) is 0 Å². The first kappa shape index (κ1) is 17.1. The van der Waals surface area contributed by atoms with E-state index in [0.29, 0.717) is 29.1 Å². The van der Waals surface area contributed by atoms with Crippen LogP contribution in [0.3, 0.4) is 0 Å². The molecule has 5 saturated heterocycles. The second kappa shape index (κ2) is 5.22. The number of allylic oxidation sites excluding steroid dienone is 2. The first-order valence-electron chi connectivity index (χ1n) is 10.5. The first-order valence-corrected chi connectivity index (χ1v) is 10.5. The zero-order valence-electron chi connectivity index (χ0n) is 16.9. The van der Waals surface area contributed by atoms with Gasteiger partial charge in [-0.2, -0.15) is 0 Å². The number of nitrogens with zero attached hydrogens (tertiary/aromatic N) is 1. The molecule has 0 aromatic heterocycles. The van der Waals surface area contributed by atoms with Crippen molar-refractivity contribution in [1.29, 1.82) is 0 Å². The Labute approximate surface area is 165 Å². The maximum atomic E-state index is 12.2. The second-order valence-corrected chi connectivity index (χ2v) is 9.02. The van der Waals surface area contributed by atoms with Gasteiger partial charge in [-0.25, -0.2) is 4.79 Å². The van der Waals surface area contributed by atoms with Gasteiger partial charge in [-0.15, -0.1) is 0 Å². The van der Waals surface area contributed by atoms with Crippen LogP contribution >= 0.6 is 0 Å². The Bertz CT molecular complexity index is 874. The van der Waals surface area contributed by atoms with Gasteiger partial charge < -0.3 is 18.9 Å². The van der Waals surface area contributed by atoms with Crippen LogP contribution < -0.4 is 0 Å². The minimum absolute atomic E-state index is 0.0286. The van der Waals surface area contributed by atoms with Crippen LogP contribution in [0, 0.1) is 17.8 Å². The molecule has 1 unspecified atom stereocenters. The van der Waals surface area contributed by atoms with E-state index in [4.69, 9.17) is 18.9 Å². The van der Waals surface area contributed by atoms with Crippen LogP contribution in [-0.2, 0) is 23.7 Å². The van der Waals surface area contributed by atoms with Crippen molar-refractivity contribution in [3.05, 3.63) is 35.0 Å². The molecule has 8 atom stereocenters. The Kier molecular flexibility index (Phi) is 3.19. The fraction of sp³-hybridized carbons (Fsp3) is 0.682. The summed E-state index contributed by atoms with van der Waals surface area (Å²) in [5, 5.41) is 0. The predicted molar refractivity (Wildman–Crippen MR) is 99.6 cm³/mol. The van der Waals surface area contributed by atoms with Gasteiger partial charge in [0.2, 0.25) is 11.5 Å². The third-order valence-electron chi connectivity index (χ3n) is 8.10. The summed E-state index contributed by atoms with van der Waals surface area (Å²) < 4.78 is 24.5. The number of ether oxygens (including phenoxy) is 4. The number of piperidine rings is 1. The lowest BCUT2D eigenvalue weighted by Gasteiger charge is -2.47. The van der Waals surface area contributed by atoms with Crippen molar-refractivity contribution in [1.82, 2.24) is 4.90 Å². The molecule has 28 heavy (non-hydrogen) atoms. The topological polar surface area (TPSA) is 57.2 Å². The summed E-state index contributed by atoms with van der Waals surface area (Å²) >= 11 is 0. The summed E-state index contributed by atoms with van der Waals surface area (Å²) in [5.41, 5.74) is 0.467. The number of hydrogen-bond donors (Lipinski definition) is 0. The highest BCUT2D eigenvalue weighted by atomic mass is 16.7. The lowest BCUT2D eigenvalue weighted by molar-refractivity contribution is -0.255. The van der Waals surface area contributed by atoms with Crippen LogP contribution in [0.1, 0.15) is 40.0 Å². The number of cyclic esters (lactones) is 1. The Morgan fingerprint density at radius 1 is 1.39 bits per heavy atom. The molecule has 0 aromatic rings. The van der Waals surface area contributed by atoms with Gasteiger partial charge in [0, 0.05) is 18.5 Å². The zero-order chi connectivity index (χ0) is 19.4. The van der Waals surface area contributed by atoms with Crippen LogP contribution in [0.25, 0.3) is 0 Å². The summed E-state index contributed by atoms with van der Waals surface area (Å²) in [5.74, 6) is 1.38. The Balaban J connectivity index is 1.49. The summed E-state index contributed by atoms with van der Waals surface area (Å²) in [6.45, 7) is 7.21. The standard InChI is InChI=1S/C22H27NO5/c1-5-6-8-21-14-7-9-23(21)13-10-15(21)27-22(14)16(13)11(2)18(28-22)19-17(25-4)12(3)20(24)26-19/h6,8,11,13-16H,5,7,9-10H2,1-4H3/b8-6+,19-18-/t11-,13-,14-,15+,16+,21-,22+/m0/s1. The van der Waals surface area contributed by atoms with Crippen LogP contribution in [0.15, 0.2) is 35.0 Å². The van der Waals surface area contributed by atoms with E-state index in [1.165, 1.54) is 0 Å². The molecule has 150 valence electrons. The van der Waals surface area contributed by atoms with Crippen molar-refractivity contribution in [3.63, 3.8) is 0 Å². The van der Waals surface area contributed by atoms with Crippen molar-refractivity contribution in [2.45, 2.75) is 63.5 Å². The predicted octanol–water partition coefficient (Wildman–Crippen LogP) is 2.87. The smallest absolute Gasteiger partial charge is 0.343 e. The van der Waals surface area contributed by atoms with Crippen LogP contribution in [0.4, 0.5) is 0 Å². The average Bonchev–Trinajstić information content (AvgIpc) is 3.38. The Morgan fingerprint density at radius 3 is 2.96 bits per heavy atom. The number of hydrogen-bond acceptors (Lipinski definition) is 6. The van der Waals surface area contributed by atoms with Crippen molar-refractivity contribution >= 4 is 5.97 Å². The van der Waals surface area contributed by atoms with Crippen molar-refractivity contribution < 1.29 is 23.7 Å². The van der Waals surface area contributed by atoms with Gasteiger partial charge in [0.1, 0.15) is 5.76 Å². The van der Waals surface area contributed by atoms with Crippen molar-refractivity contribution in [3.8, 4) is 0 Å². The monoisotopic (exact) mass is 385 g/mol. The number of esters is 1. The van der Waals surface area contributed by atoms with E-state index in [9.17, 15) is 4.79 Å². The molecule has 0 radical (unpaired) electrons. The fourth-order valence-electron chi connectivity index (χ4n) is 7.22. The maximum Gasteiger partial charge on any atom is 0.343 e. The number of methoxy groups -OCH3 is 1. The lowest BCUT2D eigenvalue weighted by Crippen LogP contribution is -2.60. The number of carbonyl (C=O) groups excluding carboxylic acids is 1. The molecule has 0 amide bonds. The van der Waals surface area contributed by atoms with E-state index >= 15 is 0 Å². The third kappa shape index (κ3) is 1.60. The minimum atomic E-state index is -0.609. The molecular weight excluding hydrogens is 358 g/mol. The van der Waals surface area contributed by atoms with Gasteiger partial charge in [-0.05, 0) is 26.2 Å². The molecule has 6 rings (SSSR count). The number of carbonyl (C=O) groups is 1. The molecule has 0 N–H and O–H groups in total. The quantitative estimate of drug-likeness (QED) is 0.550. The molecule has 0 saturated carbocycles. The van der Waals surface area contributed by atoms with Gasteiger partial charge in [-0.1, -0.05) is 26.0 Å². The van der Waals surface area contributed by atoms with E-state index in [2.05, 4.69) is 30.9 Å². The number of rotatable bonds is 3. The Hall–Kier alpha value is -1.79. The molecule has 6 heteroatoms. The third-order valence-corrected chi connectivity index (χ3v) is 8.10. The molecule has 1 spiro atoms. The normalized spacial score (nSPS) is 52.8. The summed E-state index contributed by atoms with van der Waals surface area (Å²) in [6, 6.07) is 0.445. The maximum absolute atomic E-state index is 12.2. The molecule has 6 aliphatic rings. The van der Waals surface area contributed by atoms with Crippen molar-refractivity contribution in [2.24, 2.45) is 17.8 Å². The van der Waals surface area contributed by atoms with E-state index in [1.54, 1.807) is 14.0 Å². The van der Waals surface area contributed by atoms with Gasteiger partial charge >= 0.3 is 5.97 Å². The van der Waals surface area contributed by atoms with E-state index in [1.807, 2.05) is 0 Å². The molecule has 5 bridgehead atoms. The molecule has 0 aliphatic carbocycles. The molecule has 6 heterocycles. The minimum Gasteiger partial charge on any atom is -0.492 e. The molecule has 6 aliphatic heterocycles. The summed E-state index contributed by atoms with van der Waals surface area (Å²) in [6.07, 6.45) is 8.04. The first-order chi connectivity index (χ1) is 13.5. The number of fused-ring (bicyclic) bond motifs is 1. The lowest BCUT2D eigenvalue weighted by atomic mass is 9.71. The summed E-state index contributed by atoms with van der Waals surface area (Å²) in [7, 11) is 1.57. The average molecular weight is 385 g/mol. The summed E-state index contributed by atoms with van der Waals surface area (Å²) in [4.78, 5) is 14.9.